The largest absolute Gasteiger partial charge is 0.377 e. The van der Waals surface area contributed by atoms with Gasteiger partial charge >= 0.3 is 0 Å². The molecule has 0 saturated heterocycles. The van der Waals surface area contributed by atoms with Crippen molar-refractivity contribution in [2.45, 2.75) is 33.6 Å². The maximum atomic E-state index is 12.1. The Bertz CT molecular complexity index is 469. The summed E-state index contributed by atoms with van der Waals surface area (Å²) in [5, 5.41) is 2.98. The average Bonchev–Trinajstić information content (AvgIpc) is 2.39. The number of amides is 1. The Balaban J connectivity index is 2.68. The predicted octanol–water partition coefficient (Wildman–Crippen LogP) is 3.01. The van der Waals surface area contributed by atoms with Gasteiger partial charge in [-0.1, -0.05) is 19.9 Å². The van der Waals surface area contributed by atoms with Gasteiger partial charge in [0.2, 0.25) is 5.91 Å². The molecule has 1 aromatic rings. The second kappa shape index (κ2) is 8.03. The van der Waals surface area contributed by atoms with Crippen LogP contribution in [0.5, 0.6) is 0 Å². The van der Waals surface area contributed by atoms with E-state index in [1.807, 2.05) is 37.2 Å². The van der Waals surface area contributed by atoms with Crippen molar-refractivity contribution in [3.8, 4) is 0 Å². The minimum absolute atomic E-state index is 0.0414. The minimum atomic E-state index is 0.0414. The molecule has 3 N–H and O–H groups in total. The van der Waals surface area contributed by atoms with E-state index in [9.17, 15) is 4.79 Å². The number of hydrogen-bond donors (Lipinski definition) is 2. The zero-order valence-corrected chi connectivity index (χ0v) is 13.9. The van der Waals surface area contributed by atoms with Crippen molar-refractivity contribution < 1.29 is 4.79 Å². The zero-order valence-electron chi connectivity index (χ0n) is 13.9. The number of nitrogens with one attached hydrogen (secondary N) is 1. The Kier molecular flexibility index (Phi) is 6.69. The van der Waals surface area contributed by atoms with Gasteiger partial charge in [-0.25, -0.2) is 0 Å². The van der Waals surface area contributed by atoms with Crippen LogP contribution in [0.3, 0.4) is 0 Å². The van der Waals surface area contributed by atoms with Crippen LogP contribution in [0.2, 0.25) is 0 Å². The van der Waals surface area contributed by atoms with Crippen molar-refractivity contribution in [2.75, 3.05) is 30.9 Å². The molecule has 21 heavy (non-hydrogen) atoms. The second-order valence-corrected chi connectivity index (χ2v) is 6.38. The van der Waals surface area contributed by atoms with Gasteiger partial charge in [0.05, 0.1) is 0 Å². The quantitative estimate of drug-likeness (QED) is 0.812. The number of nitrogens with two attached hydrogens (primary N) is 1. The molecule has 0 spiro atoms. The summed E-state index contributed by atoms with van der Waals surface area (Å²) in [4.78, 5) is 14.2. The van der Waals surface area contributed by atoms with Crippen LogP contribution in [0.4, 0.5) is 11.4 Å². The molecule has 4 heteroatoms. The molecule has 1 amide bonds. The van der Waals surface area contributed by atoms with Crippen molar-refractivity contribution in [3.63, 3.8) is 0 Å². The molecule has 0 aliphatic heterocycles. The van der Waals surface area contributed by atoms with Crippen molar-refractivity contribution in [2.24, 2.45) is 17.6 Å². The topological polar surface area (TPSA) is 58.4 Å². The third-order valence-corrected chi connectivity index (χ3v) is 3.59. The highest BCUT2D eigenvalue weighted by atomic mass is 16.1. The maximum absolute atomic E-state index is 12.1. The van der Waals surface area contributed by atoms with Crippen LogP contribution in [0.15, 0.2) is 18.2 Å². The van der Waals surface area contributed by atoms with Gasteiger partial charge in [-0.05, 0) is 49.4 Å². The number of carbonyl (C=O) groups is 1. The van der Waals surface area contributed by atoms with Crippen LogP contribution in [0, 0.1) is 18.8 Å². The highest BCUT2D eigenvalue weighted by molar-refractivity contribution is 5.91. The highest BCUT2D eigenvalue weighted by Gasteiger charge is 2.14. The van der Waals surface area contributed by atoms with Gasteiger partial charge in [-0.15, -0.1) is 0 Å². The molecular formula is C17H29N3O. The summed E-state index contributed by atoms with van der Waals surface area (Å²) >= 11 is 0. The fourth-order valence-corrected chi connectivity index (χ4v) is 2.57. The number of aryl methyl sites for hydroxylation is 1. The van der Waals surface area contributed by atoms with E-state index >= 15 is 0 Å². The fraction of sp³-hybridized carbons (Fsp3) is 0.588. The number of nitrogens with zero attached hydrogens (tertiary/aromatic N) is 1. The Labute approximate surface area is 128 Å². The molecule has 1 atom stereocenters. The normalized spacial score (nSPS) is 12.3. The first-order valence-electron chi connectivity index (χ1n) is 7.61. The Hall–Kier alpha value is -1.55. The number of carbonyl (C=O) groups excluding carboxylic acids is 1. The van der Waals surface area contributed by atoms with Gasteiger partial charge in [0.1, 0.15) is 0 Å². The lowest BCUT2D eigenvalue weighted by molar-refractivity contribution is -0.117. The molecule has 0 heterocycles. The summed E-state index contributed by atoms with van der Waals surface area (Å²) < 4.78 is 0. The first kappa shape index (κ1) is 17.5. The van der Waals surface area contributed by atoms with E-state index in [1.54, 1.807) is 0 Å². The molecule has 118 valence electrons. The summed E-state index contributed by atoms with van der Waals surface area (Å²) in [6.07, 6.45) is 1.47. The molecule has 1 rings (SSSR count). The van der Waals surface area contributed by atoms with E-state index in [1.165, 1.54) is 5.56 Å². The minimum Gasteiger partial charge on any atom is -0.377 e. The smallest absolute Gasteiger partial charge is 0.224 e. The highest BCUT2D eigenvalue weighted by Crippen LogP contribution is 2.23. The molecular weight excluding hydrogens is 262 g/mol. The molecule has 0 bridgehead atoms. The maximum Gasteiger partial charge on any atom is 0.224 e. The Morgan fingerprint density at radius 1 is 1.33 bits per heavy atom. The third-order valence-electron chi connectivity index (χ3n) is 3.59. The average molecular weight is 291 g/mol. The van der Waals surface area contributed by atoms with Gasteiger partial charge in [-0.3, -0.25) is 4.79 Å². The first-order chi connectivity index (χ1) is 9.83. The standard InChI is InChI=1S/C17H29N3O/c1-12(2)8-14(11-18)9-17(21)19-15-7-6-13(3)16(10-15)20(4)5/h6-7,10,12,14H,8-9,11,18H2,1-5H3,(H,19,21)/t14-/m0/s1. The monoisotopic (exact) mass is 291 g/mol. The zero-order chi connectivity index (χ0) is 16.0. The molecule has 0 saturated carbocycles. The van der Waals surface area contributed by atoms with E-state index in [-0.39, 0.29) is 11.8 Å². The molecule has 0 radical (unpaired) electrons. The van der Waals surface area contributed by atoms with Crippen molar-refractivity contribution in [1.29, 1.82) is 0 Å². The van der Waals surface area contributed by atoms with Gasteiger partial charge < -0.3 is 16.0 Å². The van der Waals surface area contributed by atoms with Crippen LogP contribution in [-0.4, -0.2) is 26.5 Å². The van der Waals surface area contributed by atoms with Crippen LogP contribution in [-0.2, 0) is 4.79 Å². The molecule has 0 aromatic heterocycles. The summed E-state index contributed by atoms with van der Waals surface area (Å²) in [5.41, 5.74) is 8.91. The summed E-state index contributed by atoms with van der Waals surface area (Å²) in [5.74, 6) is 0.856. The second-order valence-electron chi connectivity index (χ2n) is 6.38. The summed E-state index contributed by atoms with van der Waals surface area (Å²) in [6.45, 7) is 6.93. The van der Waals surface area contributed by atoms with Crippen molar-refractivity contribution in [1.82, 2.24) is 0 Å². The van der Waals surface area contributed by atoms with E-state index in [2.05, 4.69) is 26.1 Å². The van der Waals surface area contributed by atoms with E-state index in [4.69, 9.17) is 5.73 Å². The number of hydrogen-bond acceptors (Lipinski definition) is 3. The van der Waals surface area contributed by atoms with Crippen LogP contribution in [0.25, 0.3) is 0 Å². The van der Waals surface area contributed by atoms with Crippen LogP contribution < -0.4 is 16.0 Å². The van der Waals surface area contributed by atoms with E-state index in [0.717, 1.165) is 17.8 Å². The lowest BCUT2D eigenvalue weighted by Crippen LogP contribution is -2.23. The fourth-order valence-electron chi connectivity index (χ4n) is 2.57. The molecule has 0 unspecified atom stereocenters. The van der Waals surface area contributed by atoms with E-state index in [0.29, 0.717) is 18.9 Å². The lowest BCUT2D eigenvalue weighted by atomic mass is 9.94. The number of benzene rings is 1. The molecule has 1 aromatic carbocycles. The predicted molar refractivity (Wildman–Crippen MR) is 90.8 cm³/mol. The van der Waals surface area contributed by atoms with Crippen molar-refractivity contribution in [3.05, 3.63) is 23.8 Å². The lowest BCUT2D eigenvalue weighted by Gasteiger charge is -2.19. The van der Waals surface area contributed by atoms with Gasteiger partial charge in [0.15, 0.2) is 0 Å². The molecule has 4 nitrogen and oxygen atoms in total. The van der Waals surface area contributed by atoms with Gasteiger partial charge in [0, 0.05) is 31.9 Å². The Morgan fingerprint density at radius 2 is 2.00 bits per heavy atom. The first-order valence-corrected chi connectivity index (χ1v) is 7.61. The van der Waals surface area contributed by atoms with Crippen LogP contribution in [0.1, 0.15) is 32.3 Å². The number of anilines is 2. The Morgan fingerprint density at radius 3 is 2.52 bits per heavy atom. The molecule has 0 fully saturated rings. The molecule has 0 aliphatic rings. The molecule has 0 aliphatic carbocycles. The summed E-state index contributed by atoms with van der Waals surface area (Å²) in [7, 11) is 4.00. The van der Waals surface area contributed by atoms with Crippen LogP contribution >= 0.6 is 0 Å². The van der Waals surface area contributed by atoms with Gasteiger partial charge in [-0.2, -0.15) is 0 Å². The van der Waals surface area contributed by atoms with E-state index < -0.39 is 0 Å². The SMILES string of the molecule is Cc1ccc(NC(=O)C[C@@H](CN)CC(C)C)cc1N(C)C. The van der Waals surface area contributed by atoms with Crippen molar-refractivity contribution >= 4 is 17.3 Å². The van der Waals surface area contributed by atoms with Gasteiger partial charge in [0.25, 0.3) is 0 Å². The number of rotatable bonds is 7. The third kappa shape index (κ3) is 5.76. The summed E-state index contributed by atoms with van der Waals surface area (Å²) in [6, 6.07) is 5.98.